The molecule has 0 spiro atoms. The fourth-order valence-corrected chi connectivity index (χ4v) is 1.92. The summed E-state index contributed by atoms with van der Waals surface area (Å²) in [5.41, 5.74) is 1.41. The quantitative estimate of drug-likeness (QED) is 0.621. The van der Waals surface area contributed by atoms with Gasteiger partial charge in [-0.05, 0) is 11.5 Å². The Kier molecular flexibility index (Phi) is 25.6. The van der Waals surface area contributed by atoms with Gasteiger partial charge in [-0.15, -0.1) is 0 Å². The fraction of sp³-hybridized carbons (Fsp3) is 0.667. The van der Waals surface area contributed by atoms with Crippen molar-refractivity contribution in [2.24, 2.45) is 0 Å². The molecule has 0 aromatic heterocycles. The van der Waals surface area contributed by atoms with Gasteiger partial charge in [-0.1, -0.05) is 105 Å². The Morgan fingerprint density at radius 3 is 1.70 bits per heavy atom. The smallest absolute Gasteiger partial charge is 0.0136 e. The molecule has 0 bridgehead atoms. The maximum absolute atomic E-state index is 3.40. The minimum absolute atomic E-state index is 0.586. The minimum Gasteiger partial charge on any atom is -0.263 e. The molecule has 0 radical (unpaired) electrons. The Labute approximate surface area is 133 Å². The van der Waals surface area contributed by atoms with Crippen LogP contribution in [0.4, 0.5) is 0 Å². The zero-order chi connectivity index (χ0) is 16.4. The summed E-state index contributed by atoms with van der Waals surface area (Å²) in [7, 11) is 0. The molecule has 0 aliphatic carbocycles. The first kappa shape index (κ1) is 24.5. The molecule has 0 aliphatic heterocycles. The van der Waals surface area contributed by atoms with Crippen molar-refractivity contribution >= 4 is 11.9 Å². The van der Waals surface area contributed by atoms with Gasteiger partial charge in [-0.25, -0.2) is 0 Å². The van der Waals surface area contributed by atoms with Crippen molar-refractivity contribution in [2.45, 2.75) is 73.5 Å². The van der Waals surface area contributed by atoms with E-state index in [4.69, 9.17) is 0 Å². The summed E-state index contributed by atoms with van der Waals surface area (Å²) in [5.74, 6) is 0.586. The fourth-order valence-electron chi connectivity index (χ4n) is 1.24. The van der Waals surface area contributed by atoms with E-state index in [0.717, 1.165) is 6.54 Å². The Morgan fingerprint density at radius 2 is 1.30 bits per heavy atom. The molecule has 1 aromatic rings. The molecule has 1 atom stereocenters. The molecular weight excluding hydrogens is 262 g/mol. The lowest BCUT2D eigenvalue weighted by atomic mass is 10.0. The Morgan fingerprint density at radius 1 is 0.850 bits per heavy atom. The highest BCUT2D eigenvalue weighted by Gasteiger charge is 2.04. The van der Waals surface area contributed by atoms with Gasteiger partial charge in [0.15, 0.2) is 0 Å². The van der Waals surface area contributed by atoms with Crippen molar-refractivity contribution < 1.29 is 0 Å². The van der Waals surface area contributed by atoms with E-state index in [2.05, 4.69) is 55.8 Å². The van der Waals surface area contributed by atoms with Crippen molar-refractivity contribution in [2.75, 3.05) is 6.54 Å². The van der Waals surface area contributed by atoms with E-state index in [1.807, 2.05) is 41.5 Å². The zero-order valence-electron chi connectivity index (χ0n) is 15.2. The summed E-state index contributed by atoms with van der Waals surface area (Å²) in [5, 5.41) is 0.651. The molecule has 0 saturated carbocycles. The number of rotatable bonds is 5. The van der Waals surface area contributed by atoms with Crippen LogP contribution in [0.1, 0.15) is 73.8 Å². The van der Waals surface area contributed by atoms with Gasteiger partial charge in [0.2, 0.25) is 0 Å². The summed E-state index contributed by atoms with van der Waals surface area (Å²) in [6.45, 7) is 19.7. The summed E-state index contributed by atoms with van der Waals surface area (Å²) >= 11 is 1.80. The van der Waals surface area contributed by atoms with Crippen LogP contribution in [0.25, 0.3) is 0 Å². The largest absolute Gasteiger partial charge is 0.263 e. The van der Waals surface area contributed by atoms with Crippen LogP contribution < -0.4 is 4.72 Å². The van der Waals surface area contributed by atoms with E-state index >= 15 is 0 Å². The van der Waals surface area contributed by atoms with Crippen LogP contribution >= 0.6 is 11.9 Å². The zero-order valence-corrected chi connectivity index (χ0v) is 16.0. The average Bonchev–Trinajstić information content (AvgIpc) is 2.53. The van der Waals surface area contributed by atoms with E-state index in [0.29, 0.717) is 11.2 Å². The van der Waals surface area contributed by atoms with E-state index in [1.165, 1.54) is 5.56 Å². The monoisotopic (exact) mass is 299 g/mol. The Balaban J connectivity index is -0.000000425. The number of benzene rings is 1. The van der Waals surface area contributed by atoms with E-state index in [-0.39, 0.29) is 0 Å². The van der Waals surface area contributed by atoms with Gasteiger partial charge in [-0.2, -0.15) is 0 Å². The second-order valence-electron chi connectivity index (χ2n) is 3.83. The standard InChI is InChI=1S/C12H19NS.3C2H6/c1-10(2)14-13-9-11(3)12-7-5-4-6-8-12;3*1-2/h4-8,10-11,13H,9H2,1-3H3;3*1-2H3/t11-;;;/m0.../s1. The first-order chi connectivity index (χ1) is 9.70. The Hall–Kier alpha value is -0.470. The van der Waals surface area contributed by atoms with Crippen LogP contribution in [0.15, 0.2) is 30.3 Å². The molecule has 1 rings (SSSR count). The van der Waals surface area contributed by atoms with Crippen LogP contribution in [0.2, 0.25) is 0 Å². The van der Waals surface area contributed by atoms with Crippen molar-refractivity contribution in [3.8, 4) is 0 Å². The van der Waals surface area contributed by atoms with Crippen LogP contribution in [0.3, 0.4) is 0 Å². The van der Waals surface area contributed by atoms with Crippen LogP contribution in [-0.2, 0) is 0 Å². The van der Waals surface area contributed by atoms with Crippen LogP contribution in [0.5, 0.6) is 0 Å². The van der Waals surface area contributed by atoms with Gasteiger partial charge in [0.1, 0.15) is 0 Å². The lowest BCUT2D eigenvalue weighted by Gasteiger charge is -2.13. The average molecular weight is 300 g/mol. The summed E-state index contributed by atoms with van der Waals surface area (Å²) in [6.07, 6.45) is 0. The molecule has 20 heavy (non-hydrogen) atoms. The van der Waals surface area contributed by atoms with E-state index in [1.54, 1.807) is 11.9 Å². The third-order valence-corrected chi connectivity index (χ3v) is 2.88. The predicted molar refractivity (Wildman–Crippen MR) is 99.6 cm³/mol. The van der Waals surface area contributed by atoms with Gasteiger partial charge >= 0.3 is 0 Å². The first-order valence-electron chi connectivity index (χ1n) is 8.13. The van der Waals surface area contributed by atoms with Crippen LogP contribution in [-0.4, -0.2) is 11.8 Å². The second kappa shape index (κ2) is 20.8. The molecule has 0 aliphatic rings. The molecule has 1 aromatic carbocycles. The molecule has 0 saturated heterocycles. The van der Waals surface area contributed by atoms with Gasteiger partial charge in [0.05, 0.1) is 0 Å². The lowest BCUT2D eigenvalue weighted by molar-refractivity contribution is 0.740. The molecular formula is C18H37NS. The summed E-state index contributed by atoms with van der Waals surface area (Å²) in [6, 6.07) is 10.6. The molecule has 0 amide bonds. The number of hydrogen-bond donors (Lipinski definition) is 1. The Bertz CT molecular complexity index is 247. The second-order valence-corrected chi connectivity index (χ2v) is 5.29. The van der Waals surface area contributed by atoms with Gasteiger partial charge in [0, 0.05) is 11.8 Å². The molecule has 1 nitrogen and oxygen atoms in total. The van der Waals surface area contributed by atoms with Gasteiger partial charge in [-0.3, -0.25) is 4.72 Å². The van der Waals surface area contributed by atoms with Crippen LogP contribution in [0, 0.1) is 0 Å². The summed E-state index contributed by atoms with van der Waals surface area (Å²) in [4.78, 5) is 0. The molecule has 0 fully saturated rings. The highest BCUT2D eigenvalue weighted by atomic mass is 32.2. The van der Waals surface area contributed by atoms with Gasteiger partial charge < -0.3 is 0 Å². The number of hydrogen-bond acceptors (Lipinski definition) is 2. The van der Waals surface area contributed by atoms with Gasteiger partial charge in [0.25, 0.3) is 0 Å². The third kappa shape index (κ3) is 15.6. The molecule has 0 unspecified atom stereocenters. The van der Waals surface area contributed by atoms with E-state index in [9.17, 15) is 0 Å². The van der Waals surface area contributed by atoms with Crippen molar-refractivity contribution in [1.82, 2.24) is 4.72 Å². The minimum atomic E-state index is 0.586. The molecule has 120 valence electrons. The SMILES string of the molecule is CC.CC.CC.CC(C)SNC[C@H](C)c1ccccc1. The van der Waals surface area contributed by atoms with Crippen molar-refractivity contribution in [1.29, 1.82) is 0 Å². The lowest BCUT2D eigenvalue weighted by Crippen LogP contribution is -2.15. The molecule has 1 N–H and O–H groups in total. The van der Waals surface area contributed by atoms with E-state index < -0.39 is 0 Å². The van der Waals surface area contributed by atoms with Crippen molar-refractivity contribution in [3.63, 3.8) is 0 Å². The van der Waals surface area contributed by atoms with Crippen molar-refractivity contribution in [3.05, 3.63) is 35.9 Å². The molecule has 0 heterocycles. The summed E-state index contributed by atoms with van der Waals surface area (Å²) < 4.78 is 3.40. The topological polar surface area (TPSA) is 12.0 Å². The predicted octanol–water partition coefficient (Wildman–Crippen LogP) is 6.51. The normalized spacial score (nSPS) is 10.1. The highest BCUT2D eigenvalue weighted by Crippen LogP contribution is 2.14. The maximum Gasteiger partial charge on any atom is 0.0136 e. The number of nitrogens with one attached hydrogen (secondary N) is 1. The third-order valence-electron chi connectivity index (χ3n) is 2.08. The highest BCUT2D eigenvalue weighted by molar-refractivity contribution is 7.97. The molecule has 2 heteroatoms. The first-order valence-corrected chi connectivity index (χ1v) is 9.01. The maximum atomic E-state index is 3.40.